The number of hydrogen-bond acceptors (Lipinski definition) is 3. The van der Waals surface area contributed by atoms with Gasteiger partial charge in [0.2, 0.25) is 0 Å². The maximum atomic E-state index is 10.9. The average molecular weight is 265 g/mol. The van der Waals surface area contributed by atoms with E-state index in [0.29, 0.717) is 0 Å². The number of nitrogens with two attached hydrogens (primary N) is 1. The van der Waals surface area contributed by atoms with Crippen LogP contribution in [-0.4, -0.2) is 18.2 Å². The largest absolute Gasteiger partial charge is 0.496 e. The number of rotatable bonds is 5. The number of aryl methyl sites for hydroxylation is 2. The molecule has 1 atom stereocenters. The Morgan fingerprint density at radius 1 is 1.37 bits per heavy atom. The third kappa shape index (κ3) is 3.47. The molecule has 0 radical (unpaired) electrons. The van der Waals surface area contributed by atoms with Crippen LogP contribution in [0.15, 0.2) is 12.1 Å². The number of ether oxygens (including phenoxy) is 1. The molecular formula is C15H23NO3. The van der Waals surface area contributed by atoms with Crippen LogP contribution < -0.4 is 10.5 Å². The summed E-state index contributed by atoms with van der Waals surface area (Å²) in [6.45, 7) is 7.68. The minimum atomic E-state index is -0.830. The van der Waals surface area contributed by atoms with E-state index in [4.69, 9.17) is 15.6 Å². The van der Waals surface area contributed by atoms with Gasteiger partial charge < -0.3 is 15.6 Å². The molecule has 0 aliphatic heterocycles. The Morgan fingerprint density at radius 3 is 2.42 bits per heavy atom. The zero-order valence-electron chi connectivity index (χ0n) is 12.3. The SMILES string of the molecule is COc1cc(C)c(C(N)C(C)(C)CC(=O)O)cc1C. The highest BCUT2D eigenvalue weighted by molar-refractivity contribution is 5.67. The van der Waals surface area contributed by atoms with Crippen molar-refractivity contribution in [3.63, 3.8) is 0 Å². The fraction of sp³-hybridized carbons (Fsp3) is 0.533. The quantitative estimate of drug-likeness (QED) is 0.858. The number of carbonyl (C=O) groups is 1. The third-order valence-electron chi connectivity index (χ3n) is 3.57. The van der Waals surface area contributed by atoms with Crippen LogP contribution in [0, 0.1) is 19.3 Å². The second-order valence-electron chi connectivity index (χ2n) is 5.72. The summed E-state index contributed by atoms with van der Waals surface area (Å²) in [5.41, 5.74) is 8.78. The van der Waals surface area contributed by atoms with Crippen LogP contribution >= 0.6 is 0 Å². The van der Waals surface area contributed by atoms with Gasteiger partial charge in [0.25, 0.3) is 0 Å². The molecule has 0 bridgehead atoms. The van der Waals surface area contributed by atoms with E-state index in [-0.39, 0.29) is 12.5 Å². The lowest BCUT2D eigenvalue weighted by atomic mass is 9.77. The lowest BCUT2D eigenvalue weighted by molar-refractivity contribution is -0.139. The molecule has 0 amide bonds. The first-order valence-corrected chi connectivity index (χ1v) is 6.31. The first-order chi connectivity index (χ1) is 8.69. The van der Waals surface area contributed by atoms with Crippen LogP contribution in [0.5, 0.6) is 5.75 Å². The summed E-state index contributed by atoms with van der Waals surface area (Å²) in [6, 6.07) is 3.61. The van der Waals surface area contributed by atoms with Gasteiger partial charge >= 0.3 is 5.97 Å². The van der Waals surface area contributed by atoms with E-state index >= 15 is 0 Å². The van der Waals surface area contributed by atoms with Gasteiger partial charge in [-0.25, -0.2) is 0 Å². The zero-order chi connectivity index (χ0) is 14.8. The molecule has 19 heavy (non-hydrogen) atoms. The van der Waals surface area contributed by atoms with E-state index in [9.17, 15) is 4.79 Å². The number of aliphatic carboxylic acids is 1. The molecular weight excluding hydrogens is 242 g/mol. The van der Waals surface area contributed by atoms with Gasteiger partial charge in [0.1, 0.15) is 5.75 Å². The topological polar surface area (TPSA) is 72.5 Å². The van der Waals surface area contributed by atoms with Crippen LogP contribution in [0.2, 0.25) is 0 Å². The van der Waals surface area contributed by atoms with Crippen LogP contribution in [0.25, 0.3) is 0 Å². The van der Waals surface area contributed by atoms with Crippen molar-refractivity contribution in [1.82, 2.24) is 0 Å². The Labute approximate surface area is 114 Å². The first kappa shape index (κ1) is 15.5. The summed E-state index contributed by atoms with van der Waals surface area (Å²) >= 11 is 0. The van der Waals surface area contributed by atoms with Crippen molar-refractivity contribution in [2.45, 2.75) is 40.2 Å². The molecule has 0 aliphatic rings. The summed E-state index contributed by atoms with van der Waals surface area (Å²) in [5, 5.41) is 8.98. The molecule has 1 unspecified atom stereocenters. The average Bonchev–Trinajstić information content (AvgIpc) is 2.29. The van der Waals surface area contributed by atoms with Crippen LogP contribution in [0.3, 0.4) is 0 Å². The summed E-state index contributed by atoms with van der Waals surface area (Å²) in [4.78, 5) is 10.9. The maximum absolute atomic E-state index is 10.9. The van der Waals surface area contributed by atoms with Crippen molar-refractivity contribution in [2.24, 2.45) is 11.1 Å². The predicted molar refractivity (Wildman–Crippen MR) is 75.4 cm³/mol. The number of benzene rings is 1. The smallest absolute Gasteiger partial charge is 0.303 e. The maximum Gasteiger partial charge on any atom is 0.303 e. The first-order valence-electron chi connectivity index (χ1n) is 6.31. The van der Waals surface area contributed by atoms with Gasteiger partial charge in [0, 0.05) is 6.04 Å². The highest BCUT2D eigenvalue weighted by Crippen LogP contribution is 2.37. The molecule has 0 spiro atoms. The molecule has 1 aromatic rings. The van der Waals surface area contributed by atoms with Gasteiger partial charge in [-0.05, 0) is 42.0 Å². The van der Waals surface area contributed by atoms with Crippen LogP contribution in [-0.2, 0) is 4.79 Å². The Kier molecular flexibility index (Phi) is 4.58. The normalized spacial score (nSPS) is 13.2. The number of carboxylic acids is 1. The molecule has 1 rings (SSSR count). The minimum Gasteiger partial charge on any atom is -0.496 e. The summed E-state index contributed by atoms with van der Waals surface area (Å²) in [6.07, 6.45) is 0.0404. The van der Waals surface area contributed by atoms with E-state index in [1.807, 2.05) is 39.8 Å². The molecule has 0 aromatic heterocycles. The Balaban J connectivity index is 3.16. The van der Waals surface area contributed by atoms with E-state index in [1.54, 1.807) is 7.11 Å². The number of hydrogen-bond donors (Lipinski definition) is 2. The van der Waals surface area contributed by atoms with E-state index < -0.39 is 11.4 Å². The van der Waals surface area contributed by atoms with Gasteiger partial charge in [0.05, 0.1) is 13.5 Å². The molecule has 4 nitrogen and oxygen atoms in total. The highest BCUT2D eigenvalue weighted by atomic mass is 16.5. The van der Waals surface area contributed by atoms with Gasteiger partial charge in [-0.2, -0.15) is 0 Å². The van der Waals surface area contributed by atoms with E-state index in [0.717, 1.165) is 22.4 Å². The summed E-state index contributed by atoms with van der Waals surface area (Å²) in [5.74, 6) is -0.00664. The molecule has 106 valence electrons. The second kappa shape index (κ2) is 5.61. The van der Waals surface area contributed by atoms with E-state index in [1.165, 1.54) is 0 Å². The third-order valence-corrected chi connectivity index (χ3v) is 3.57. The van der Waals surface area contributed by atoms with Crippen molar-refractivity contribution in [2.75, 3.05) is 7.11 Å². The monoisotopic (exact) mass is 265 g/mol. The van der Waals surface area contributed by atoms with E-state index in [2.05, 4.69) is 0 Å². The van der Waals surface area contributed by atoms with Gasteiger partial charge in [-0.15, -0.1) is 0 Å². The molecule has 1 aromatic carbocycles. The highest BCUT2D eigenvalue weighted by Gasteiger charge is 2.31. The molecule has 0 saturated heterocycles. The fourth-order valence-corrected chi connectivity index (χ4v) is 2.29. The second-order valence-corrected chi connectivity index (χ2v) is 5.72. The van der Waals surface area contributed by atoms with Crippen LogP contribution in [0.4, 0.5) is 0 Å². The van der Waals surface area contributed by atoms with Crippen molar-refractivity contribution >= 4 is 5.97 Å². The van der Waals surface area contributed by atoms with Gasteiger partial charge in [0.15, 0.2) is 0 Å². The molecule has 4 heteroatoms. The Hall–Kier alpha value is -1.55. The lowest BCUT2D eigenvalue weighted by Crippen LogP contribution is -2.32. The Bertz CT molecular complexity index is 481. The standard InChI is InChI=1S/C15H23NO3/c1-9-7-12(19-5)10(2)6-11(9)14(16)15(3,4)8-13(17)18/h6-7,14H,8,16H2,1-5H3,(H,17,18). The minimum absolute atomic E-state index is 0.0404. The molecule has 0 fully saturated rings. The fourth-order valence-electron chi connectivity index (χ4n) is 2.29. The molecule has 3 N–H and O–H groups in total. The van der Waals surface area contributed by atoms with Gasteiger partial charge in [-0.3, -0.25) is 4.79 Å². The van der Waals surface area contributed by atoms with Crippen molar-refractivity contribution in [3.05, 3.63) is 28.8 Å². The summed E-state index contributed by atoms with van der Waals surface area (Å²) in [7, 11) is 1.63. The lowest BCUT2D eigenvalue weighted by Gasteiger charge is -2.31. The van der Waals surface area contributed by atoms with Crippen molar-refractivity contribution < 1.29 is 14.6 Å². The molecule has 0 saturated carbocycles. The zero-order valence-corrected chi connectivity index (χ0v) is 12.3. The number of carboxylic acid groups (broad SMARTS) is 1. The molecule has 0 aliphatic carbocycles. The Morgan fingerprint density at radius 2 is 1.95 bits per heavy atom. The van der Waals surface area contributed by atoms with Crippen LogP contribution in [0.1, 0.15) is 43.0 Å². The van der Waals surface area contributed by atoms with Crippen molar-refractivity contribution in [1.29, 1.82) is 0 Å². The number of methoxy groups -OCH3 is 1. The van der Waals surface area contributed by atoms with Gasteiger partial charge in [-0.1, -0.05) is 19.9 Å². The van der Waals surface area contributed by atoms with Crippen molar-refractivity contribution in [3.8, 4) is 5.75 Å². The predicted octanol–water partition coefficient (Wildman–Crippen LogP) is 2.81. The molecule has 0 heterocycles. The summed E-state index contributed by atoms with van der Waals surface area (Å²) < 4.78 is 5.28.